The lowest BCUT2D eigenvalue weighted by Crippen LogP contribution is -2.44. The third kappa shape index (κ3) is 4.37. The highest BCUT2D eigenvalue weighted by Gasteiger charge is 2.52. The van der Waals surface area contributed by atoms with Crippen LogP contribution in [0.1, 0.15) is 62.5 Å². The maximum atomic E-state index is 12.7. The maximum absolute atomic E-state index is 12.7. The van der Waals surface area contributed by atoms with Crippen LogP contribution in [0.15, 0.2) is 24.3 Å². The minimum atomic E-state index is -0.685. The number of hydrogen-bond acceptors (Lipinski definition) is 3. The molecular weight excluding hydrogens is 378 g/mol. The molecule has 30 heavy (non-hydrogen) atoms. The first-order valence-electron chi connectivity index (χ1n) is 11.4. The summed E-state index contributed by atoms with van der Waals surface area (Å²) in [5.41, 5.74) is 1.99. The number of carbonyl (C=O) groups excluding carboxylic acids is 3. The first-order chi connectivity index (χ1) is 14.5. The van der Waals surface area contributed by atoms with Gasteiger partial charge in [-0.05, 0) is 56.9 Å². The van der Waals surface area contributed by atoms with Crippen LogP contribution in [0.3, 0.4) is 0 Å². The van der Waals surface area contributed by atoms with Gasteiger partial charge in [-0.1, -0.05) is 42.7 Å². The summed E-state index contributed by atoms with van der Waals surface area (Å²) in [7, 11) is 0. The molecule has 3 aliphatic rings. The van der Waals surface area contributed by atoms with E-state index in [2.05, 4.69) is 36.5 Å². The van der Waals surface area contributed by atoms with Gasteiger partial charge in [0.25, 0.3) is 5.91 Å². The van der Waals surface area contributed by atoms with Crippen molar-refractivity contribution in [1.82, 2.24) is 15.1 Å². The Morgan fingerprint density at radius 3 is 2.43 bits per heavy atom. The molecule has 0 aromatic heterocycles. The van der Waals surface area contributed by atoms with Gasteiger partial charge in [0.15, 0.2) is 0 Å². The van der Waals surface area contributed by atoms with Crippen molar-refractivity contribution in [3.8, 4) is 0 Å². The maximum Gasteiger partial charge on any atom is 0.325 e. The normalized spacial score (nSPS) is 21.5. The van der Waals surface area contributed by atoms with Gasteiger partial charge in [-0.2, -0.15) is 0 Å². The van der Waals surface area contributed by atoms with Crippen molar-refractivity contribution in [3.05, 3.63) is 35.4 Å². The van der Waals surface area contributed by atoms with E-state index in [1.807, 2.05) is 4.90 Å². The molecule has 1 aromatic carbocycles. The molecule has 2 aliphatic heterocycles. The third-order valence-electron chi connectivity index (χ3n) is 7.18. The Morgan fingerprint density at radius 2 is 1.77 bits per heavy atom. The van der Waals surface area contributed by atoms with Crippen molar-refractivity contribution in [1.29, 1.82) is 0 Å². The number of benzene rings is 1. The quantitative estimate of drug-likeness (QED) is 0.729. The van der Waals surface area contributed by atoms with E-state index in [-0.39, 0.29) is 30.8 Å². The molecule has 4 rings (SSSR count). The van der Waals surface area contributed by atoms with Crippen LogP contribution in [0.5, 0.6) is 0 Å². The molecule has 1 aliphatic carbocycles. The molecule has 2 heterocycles. The van der Waals surface area contributed by atoms with E-state index in [9.17, 15) is 14.4 Å². The van der Waals surface area contributed by atoms with E-state index >= 15 is 0 Å². The lowest BCUT2D eigenvalue weighted by atomic mass is 9.90. The van der Waals surface area contributed by atoms with Crippen molar-refractivity contribution in [3.63, 3.8) is 0 Å². The average Bonchev–Trinajstić information content (AvgIpc) is 3.31. The molecule has 0 atom stereocenters. The van der Waals surface area contributed by atoms with Crippen molar-refractivity contribution < 1.29 is 14.4 Å². The van der Waals surface area contributed by atoms with Crippen LogP contribution in [0.4, 0.5) is 4.79 Å². The standard InChI is InChI=1S/C24H33N3O3/c1-18-4-6-19(7-5-18)8-9-20-10-15-26(16-11-20)21(28)12-17-27-22(29)24(25-23(27)30)13-2-3-14-24/h4-7,20H,2-3,8-17H2,1H3,(H,25,30). The summed E-state index contributed by atoms with van der Waals surface area (Å²) in [5.74, 6) is 0.580. The SMILES string of the molecule is Cc1ccc(CCC2CCN(C(=O)CCN3C(=O)NC4(CCCC4)C3=O)CC2)cc1. The van der Waals surface area contributed by atoms with Gasteiger partial charge in [0.05, 0.1) is 0 Å². The van der Waals surface area contributed by atoms with Crippen molar-refractivity contribution >= 4 is 17.8 Å². The second kappa shape index (κ2) is 8.78. The zero-order chi connectivity index (χ0) is 21.1. The number of imide groups is 1. The Hall–Kier alpha value is -2.37. The molecule has 0 unspecified atom stereocenters. The minimum Gasteiger partial charge on any atom is -0.343 e. The van der Waals surface area contributed by atoms with Crippen LogP contribution >= 0.6 is 0 Å². The molecule has 162 valence electrons. The minimum absolute atomic E-state index is 0.0555. The number of likely N-dealkylation sites (tertiary alicyclic amines) is 1. The summed E-state index contributed by atoms with van der Waals surface area (Å²) in [4.78, 5) is 40.8. The fourth-order valence-electron chi connectivity index (χ4n) is 5.16. The fourth-order valence-corrected chi connectivity index (χ4v) is 5.16. The number of nitrogens with zero attached hydrogens (tertiary/aromatic N) is 2. The summed E-state index contributed by atoms with van der Waals surface area (Å²) in [6, 6.07) is 8.41. The van der Waals surface area contributed by atoms with E-state index < -0.39 is 5.54 Å². The Bertz CT molecular complexity index is 790. The number of hydrogen-bond donors (Lipinski definition) is 1. The highest BCUT2D eigenvalue weighted by molar-refractivity contribution is 6.07. The molecule has 1 aromatic rings. The predicted molar refractivity (Wildman–Crippen MR) is 115 cm³/mol. The summed E-state index contributed by atoms with van der Waals surface area (Å²) in [5, 5.41) is 2.88. The first-order valence-corrected chi connectivity index (χ1v) is 11.4. The van der Waals surface area contributed by atoms with E-state index in [0.29, 0.717) is 5.92 Å². The average molecular weight is 412 g/mol. The summed E-state index contributed by atoms with van der Waals surface area (Å²) < 4.78 is 0. The molecule has 3 fully saturated rings. The molecule has 1 N–H and O–H groups in total. The topological polar surface area (TPSA) is 69.7 Å². The smallest absolute Gasteiger partial charge is 0.325 e. The number of rotatable bonds is 6. The fraction of sp³-hybridized carbons (Fsp3) is 0.625. The number of aryl methyl sites for hydroxylation is 2. The van der Waals surface area contributed by atoms with Crippen molar-refractivity contribution in [2.45, 2.75) is 70.3 Å². The highest BCUT2D eigenvalue weighted by atomic mass is 16.2. The summed E-state index contributed by atoms with van der Waals surface area (Å²) in [6.07, 6.45) is 7.92. The second-order valence-electron chi connectivity index (χ2n) is 9.27. The van der Waals surface area contributed by atoms with Gasteiger partial charge in [0, 0.05) is 26.1 Å². The summed E-state index contributed by atoms with van der Waals surface area (Å²) in [6.45, 7) is 3.86. The largest absolute Gasteiger partial charge is 0.343 e. The second-order valence-corrected chi connectivity index (χ2v) is 9.27. The molecule has 4 amide bonds. The van der Waals surface area contributed by atoms with Crippen molar-refractivity contribution in [2.24, 2.45) is 5.92 Å². The lowest BCUT2D eigenvalue weighted by molar-refractivity contribution is -0.134. The monoisotopic (exact) mass is 411 g/mol. The Kier molecular flexibility index (Phi) is 6.11. The Morgan fingerprint density at radius 1 is 1.10 bits per heavy atom. The van der Waals surface area contributed by atoms with E-state index in [4.69, 9.17) is 0 Å². The van der Waals surface area contributed by atoms with Gasteiger partial charge in [-0.15, -0.1) is 0 Å². The Labute approximate surface area is 179 Å². The zero-order valence-electron chi connectivity index (χ0n) is 18.0. The van der Waals surface area contributed by atoms with E-state index in [1.54, 1.807) is 0 Å². The third-order valence-corrected chi connectivity index (χ3v) is 7.18. The number of carbonyl (C=O) groups is 3. The molecule has 6 nitrogen and oxygen atoms in total. The molecular formula is C24H33N3O3. The van der Waals surface area contributed by atoms with Gasteiger partial charge in [0.2, 0.25) is 5.91 Å². The number of nitrogens with one attached hydrogen (secondary N) is 1. The summed E-state index contributed by atoms with van der Waals surface area (Å²) >= 11 is 0. The van der Waals surface area contributed by atoms with Crippen LogP contribution in [0, 0.1) is 12.8 Å². The van der Waals surface area contributed by atoms with E-state index in [0.717, 1.165) is 64.5 Å². The van der Waals surface area contributed by atoms with Crippen molar-refractivity contribution in [2.75, 3.05) is 19.6 Å². The van der Waals surface area contributed by atoms with Gasteiger partial charge in [0.1, 0.15) is 5.54 Å². The predicted octanol–water partition coefficient (Wildman–Crippen LogP) is 3.42. The van der Waals surface area contributed by atoms with E-state index in [1.165, 1.54) is 16.0 Å². The Balaban J connectivity index is 1.20. The van der Waals surface area contributed by atoms with Gasteiger partial charge in [-0.25, -0.2) is 4.79 Å². The molecule has 1 saturated carbocycles. The lowest BCUT2D eigenvalue weighted by Gasteiger charge is -2.32. The molecule has 6 heteroatoms. The zero-order valence-corrected chi connectivity index (χ0v) is 18.0. The molecule has 2 saturated heterocycles. The number of piperidine rings is 1. The van der Waals surface area contributed by atoms with Gasteiger partial charge < -0.3 is 10.2 Å². The van der Waals surface area contributed by atoms with Crippen LogP contribution < -0.4 is 5.32 Å². The van der Waals surface area contributed by atoms with Crippen LogP contribution in [0.25, 0.3) is 0 Å². The molecule has 1 spiro atoms. The number of amides is 4. The van der Waals surface area contributed by atoms with Crippen LogP contribution in [-0.4, -0.2) is 52.8 Å². The van der Waals surface area contributed by atoms with Gasteiger partial charge >= 0.3 is 6.03 Å². The van der Waals surface area contributed by atoms with Crippen LogP contribution in [-0.2, 0) is 16.0 Å². The molecule has 0 radical (unpaired) electrons. The highest BCUT2D eigenvalue weighted by Crippen LogP contribution is 2.35. The first kappa shape index (κ1) is 20.9. The van der Waals surface area contributed by atoms with Gasteiger partial charge in [-0.3, -0.25) is 14.5 Å². The van der Waals surface area contributed by atoms with Crippen LogP contribution in [0.2, 0.25) is 0 Å². The molecule has 0 bridgehead atoms. The number of urea groups is 1.